The summed E-state index contributed by atoms with van der Waals surface area (Å²) in [6.45, 7) is 0. The second-order valence-electron chi connectivity index (χ2n) is 14.1. The summed E-state index contributed by atoms with van der Waals surface area (Å²) in [5.74, 6) is 0. The van der Waals surface area contributed by atoms with Crippen molar-refractivity contribution in [2.45, 2.75) is 0 Å². The van der Waals surface area contributed by atoms with E-state index in [0.29, 0.717) is 0 Å². The molecule has 1 heteroatoms. The predicted octanol–water partition coefficient (Wildman–Crippen LogP) is 15.3. The maximum Gasteiger partial charge on any atom is 0.0625 e. The van der Waals surface area contributed by atoms with Crippen LogP contribution in [0.5, 0.6) is 0 Å². The molecule has 0 aromatic heterocycles. The molecule has 258 valence electrons. The van der Waals surface area contributed by atoms with Crippen LogP contribution < -0.4 is 4.90 Å². The molecule has 0 saturated heterocycles. The highest BCUT2D eigenvalue weighted by atomic mass is 15.1. The smallest absolute Gasteiger partial charge is 0.0625 e. The van der Waals surface area contributed by atoms with Crippen LogP contribution in [-0.2, 0) is 0 Å². The molecular formula is C54H37N. The lowest BCUT2D eigenvalue weighted by Crippen LogP contribution is -2.13. The summed E-state index contributed by atoms with van der Waals surface area (Å²) in [6, 6.07) is 81.5. The summed E-state index contributed by atoms with van der Waals surface area (Å²) in [4.78, 5) is 2.51. The maximum absolute atomic E-state index is 2.51. The molecule has 0 spiro atoms. The molecule has 0 atom stereocenters. The molecule has 0 aliphatic carbocycles. The van der Waals surface area contributed by atoms with Gasteiger partial charge in [0.05, 0.1) is 11.4 Å². The van der Waals surface area contributed by atoms with Crippen LogP contribution >= 0.6 is 0 Å². The normalized spacial score (nSPS) is 11.3. The van der Waals surface area contributed by atoms with E-state index in [1.165, 1.54) is 76.8 Å². The van der Waals surface area contributed by atoms with Gasteiger partial charge in [-0.3, -0.25) is 0 Å². The third-order valence-corrected chi connectivity index (χ3v) is 10.8. The highest BCUT2D eigenvalue weighted by Gasteiger charge is 2.26. The van der Waals surface area contributed by atoms with Crippen LogP contribution in [0.4, 0.5) is 17.1 Å². The molecule has 0 heterocycles. The zero-order chi connectivity index (χ0) is 36.6. The van der Waals surface area contributed by atoms with Crippen LogP contribution in [0.1, 0.15) is 0 Å². The van der Waals surface area contributed by atoms with Crippen LogP contribution in [0.3, 0.4) is 0 Å². The van der Waals surface area contributed by atoms with Gasteiger partial charge in [-0.15, -0.1) is 0 Å². The van der Waals surface area contributed by atoms with E-state index < -0.39 is 0 Å². The van der Waals surface area contributed by atoms with Gasteiger partial charge in [-0.2, -0.15) is 0 Å². The summed E-state index contributed by atoms with van der Waals surface area (Å²) in [5, 5.41) is 7.36. The number of anilines is 3. The van der Waals surface area contributed by atoms with Crippen molar-refractivity contribution in [3.63, 3.8) is 0 Å². The van der Waals surface area contributed by atoms with E-state index in [4.69, 9.17) is 0 Å². The highest BCUT2D eigenvalue weighted by molar-refractivity contribution is 6.24. The van der Waals surface area contributed by atoms with Gasteiger partial charge in [0, 0.05) is 22.2 Å². The monoisotopic (exact) mass is 699 g/mol. The second-order valence-corrected chi connectivity index (χ2v) is 14.1. The van der Waals surface area contributed by atoms with Gasteiger partial charge in [0.2, 0.25) is 0 Å². The first kappa shape index (κ1) is 32.4. The van der Waals surface area contributed by atoms with Crippen LogP contribution in [0, 0.1) is 0 Å². The van der Waals surface area contributed by atoms with Gasteiger partial charge in [-0.1, -0.05) is 200 Å². The van der Waals surface area contributed by atoms with Crippen LogP contribution in [0.25, 0.3) is 76.8 Å². The predicted molar refractivity (Wildman–Crippen MR) is 235 cm³/mol. The van der Waals surface area contributed by atoms with Crippen LogP contribution in [-0.4, -0.2) is 0 Å². The summed E-state index contributed by atoms with van der Waals surface area (Å²) in [6.07, 6.45) is 0. The Bertz CT molecular complexity index is 2960. The molecule has 0 bridgehead atoms. The fourth-order valence-corrected chi connectivity index (χ4v) is 8.30. The van der Waals surface area contributed by atoms with Crippen molar-refractivity contribution in [2.75, 3.05) is 4.90 Å². The summed E-state index contributed by atoms with van der Waals surface area (Å²) >= 11 is 0. The molecule has 0 aliphatic rings. The Hall–Kier alpha value is -7.22. The zero-order valence-corrected chi connectivity index (χ0v) is 30.3. The number of para-hydroxylation sites is 1. The van der Waals surface area contributed by atoms with E-state index in [2.05, 4.69) is 229 Å². The molecule has 10 aromatic carbocycles. The van der Waals surface area contributed by atoms with Gasteiger partial charge in [-0.05, 0) is 84.6 Å². The third-order valence-electron chi connectivity index (χ3n) is 10.8. The van der Waals surface area contributed by atoms with E-state index in [1.807, 2.05) is 0 Å². The van der Waals surface area contributed by atoms with Crippen molar-refractivity contribution in [1.82, 2.24) is 0 Å². The molecule has 0 fully saturated rings. The Kier molecular flexibility index (Phi) is 8.24. The molecule has 10 aromatic rings. The van der Waals surface area contributed by atoms with E-state index in [9.17, 15) is 0 Å². The molecule has 1 nitrogen and oxygen atoms in total. The molecular weight excluding hydrogens is 663 g/mol. The van der Waals surface area contributed by atoms with Crippen molar-refractivity contribution in [1.29, 1.82) is 0 Å². The summed E-state index contributed by atoms with van der Waals surface area (Å²) < 4.78 is 0. The third kappa shape index (κ3) is 5.84. The fourth-order valence-electron chi connectivity index (χ4n) is 8.30. The Morgan fingerprint density at radius 2 is 0.745 bits per heavy atom. The van der Waals surface area contributed by atoms with Crippen molar-refractivity contribution >= 4 is 49.4 Å². The van der Waals surface area contributed by atoms with E-state index in [-0.39, 0.29) is 0 Å². The second kappa shape index (κ2) is 14.0. The average Bonchev–Trinajstić information content (AvgIpc) is 3.27. The van der Waals surface area contributed by atoms with Gasteiger partial charge >= 0.3 is 0 Å². The fraction of sp³-hybridized carbons (Fsp3) is 0. The number of fused-ring (bicyclic) bond motifs is 4. The SMILES string of the molecule is c1ccc(-c2cccc(-c3ccc(N(c4ccccc4-c4ccccc4)c4c(-c5cccc6ccccc56)c5ccccc5c5ccccc45)cc3)c2)cc1. The lowest BCUT2D eigenvalue weighted by molar-refractivity contribution is 1.30. The molecule has 0 radical (unpaired) electrons. The minimum Gasteiger partial charge on any atom is -0.309 e. The largest absolute Gasteiger partial charge is 0.309 e. The maximum atomic E-state index is 2.51. The first-order valence-electron chi connectivity index (χ1n) is 18.9. The van der Waals surface area contributed by atoms with E-state index in [1.54, 1.807) is 0 Å². The molecule has 0 saturated carbocycles. The van der Waals surface area contributed by atoms with Gasteiger partial charge < -0.3 is 4.90 Å². The van der Waals surface area contributed by atoms with Crippen LogP contribution in [0.15, 0.2) is 224 Å². The Morgan fingerprint density at radius 3 is 1.47 bits per heavy atom. The molecule has 0 aliphatic heterocycles. The number of benzene rings is 10. The minimum absolute atomic E-state index is 1.09. The molecule has 0 amide bonds. The quantitative estimate of drug-likeness (QED) is 0.150. The van der Waals surface area contributed by atoms with E-state index in [0.717, 1.165) is 17.1 Å². The van der Waals surface area contributed by atoms with Gasteiger partial charge in [0.1, 0.15) is 0 Å². The minimum atomic E-state index is 1.09. The molecule has 0 unspecified atom stereocenters. The van der Waals surface area contributed by atoms with Crippen LogP contribution in [0.2, 0.25) is 0 Å². The van der Waals surface area contributed by atoms with Gasteiger partial charge in [0.15, 0.2) is 0 Å². The first-order chi connectivity index (χ1) is 27.3. The average molecular weight is 700 g/mol. The lowest BCUT2D eigenvalue weighted by atomic mass is 9.87. The summed E-state index contributed by atoms with van der Waals surface area (Å²) in [5.41, 5.74) is 12.9. The number of nitrogens with zero attached hydrogens (tertiary/aromatic N) is 1. The van der Waals surface area contributed by atoms with Gasteiger partial charge in [-0.25, -0.2) is 0 Å². The Labute approximate surface area is 322 Å². The molecule has 10 rings (SSSR count). The van der Waals surface area contributed by atoms with E-state index >= 15 is 0 Å². The zero-order valence-electron chi connectivity index (χ0n) is 30.3. The van der Waals surface area contributed by atoms with Crippen molar-refractivity contribution in [3.8, 4) is 44.5 Å². The van der Waals surface area contributed by atoms with Gasteiger partial charge in [0.25, 0.3) is 0 Å². The Balaban J connectivity index is 1.28. The van der Waals surface area contributed by atoms with Crippen molar-refractivity contribution < 1.29 is 0 Å². The first-order valence-corrected chi connectivity index (χ1v) is 18.9. The lowest BCUT2D eigenvalue weighted by Gasteiger charge is -2.32. The Morgan fingerprint density at radius 1 is 0.273 bits per heavy atom. The molecule has 0 N–H and O–H groups in total. The standard InChI is InChI=1S/C54H37N/c1-3-17-38(18-4-1)42-23-15-24-43(37-42)39-33-35-44(36-34-39)55(52-32-14-13-26-46(52)41-19-5-2-6-20-41)54-51-30-12-10-28-48(51)47-27-9-11-29-50(47)53(54)49-31-16-22-40-21-7-8-25-45(40)49/h1-37H. The highest BCUT2D eigenvalue weighted by Crippen LogP contribution is 2.52. The number of rotatable bonds is 7. The number of hydrogen-bond donors (Lipinski definition) is 0. The van der Waals surface area contributed by atoms with Crippen molar-refractivity contribution in [2.24, 2.45) is 0 Å². The topological polar surface area (TPSA) is 3.24 Å². The number of hydrogen-bond acceptors (Lipinski definition) is 1. The van der Waals surface area contributed by atoms with Crippen molar-refractivity contribution in [3.05, 3.63) is 224 Å². The molecule has 55 heavy (non-hydrogen) atoms. The summed E-state index contributed by atoms with van der Waals surface area (Å²) in [7, 11) is 0.